The first kappa shape index (κ1) is 18.7. The van der Waals surface area contributed by atoms with Crippen LogP contribution in [0.5, 0.6) is 0 Å². The van der Waals surface area contributed by atoms with Crippen molar-refractivity contribution in [3.63, 3.8) is 0 Å². The van der Waals surface area contributed by atoms with Crippen molar-refractivity contribution < 1.29 is 18.7 Å². The molecule has 1 saturated heterocycles. The standard InChI is InChI=1S/C23H24FNO3/c24-21-12-13-25(22(21)16-27-15-20-7-4-14-28-20)19-10-8-18(9-11-19)23(26)17-5-2-1-3-6-17/h1-11,14,21-23,26H,12-13,15-16H2. The van der Waals surface area contributed by atoms with Crippen molar-refractivity contribution >= 4 is 5.69 Å². The molecule has 4 rings (SSSR count). The second-order valence-electron chi connectivity index (χ2n) is 7.06. The summed E-state index contributed by atoms with van der Waals surface area (Å²) in [5, 5.41) is 10.5. The number of nitrogens with zero attached hydrogens (tertiary/aromatic N) is 1. The van der Waals surface area contributed by atoms with Gasteiger partial charge in [-0.25, -0.2) is 4.39 Å². The quantitative estimate of drug-likeness (QED) is 0.655. The molecule has 3 unspecified atom stereocenters. The molecule has 0 bridgehead atoms. The molecule has 0 radical (unpaired) electrons. The first-order chi connectivity index (χ1) is 13.7. The first-order valence-corrected chi connectivity index (χ1v) is 9.56. The molecular weight excluding hydrogens is 357 g/mol. The van der Waals surface area contributed by atoms with E-state index >= 15 is 0 Å². The third kappa shape index (κ3) is 4.11. The topological polar surface area (TPSA) is 45.8 Å². The van der Waals surface area contributed by atoms with Crippen LogP contribution in [0.4, 0.5) is 10.1 Å². The van der Waals surface area contributed by atoms with Gasteiger partial charge in [0, 0.05) is 12.2 Å². The van der Waals surface area contributed by atoms with Crippen molar-refractivity contribution in [3.8, 4) is 0 Å². The third-order valence-electron chi connectivity index (χ3n) is 5.23. The van der Waals surface area contributed by atoms with Crippen molar-refractivity contribution in [3.05, 3.63) is 89.9 Å². The third-order valence-corrected chi connectivity index (χ3v) is 5.23. The minimum atomic E-state index is -0.925. The van der Waals surface area contributed by atoms with Crippen LogP contribution in [0, 0.1) is 0 Å². The number of anilines is 1. The lowest BCUT2D eigenvalue weighted by atomic mass is 10.0. The minimum Gasteiger partial charge on any atom is -0.467 e. The SMILES string of the molecule is OC(c1ccccc1)c1ccc(N2CCC(F)C2COCc2ccco2)cc1. The number of furan rings is 1. The van der Waals surface area contributed by atoms with Gasteiger partial charge in [-0.05, 0) is 41.8 Å². The summed E-state index contributed by atoms with van der Waals surface area (Å²) in [6, 6.07) is 20.6. The van der Waals surface area contributed by atoms with Crippen molar-refractivity contribution in [1.82, 2.24) is 0 Å². The van der Waals surface area contributed by atoms with E-state index < -0.39 is 12.3 Å². The van der Waals surface area contributed by atoms with Crippen LogP contribution in [-0.2, 0) is 11.3 Å². The van der Waals surface area contributed by atoms with E-state index in [0.717, 1.165) is 22.6 Å². The largest absolute Gasteiger partial charge is 0.467 e. The van der Waals surface area contributed by atoms with Crippen LogP contribution in [-0.4, -0.2) is 30.5 Å². The minimum absolute atomic E-state index is 0.302. The van der Waals surface area contributed by atoms with Crippen LogP contribution in [0.3, 0.4) is 0 Å². The van der Waals surface area contributed by atoms with Crippen molar-refractivity contribution in [2.45, 2.75) is 31.3 Å². The highest BCUT2D eigenvalue weighted by molar-refractivity contribution is 5.51. The Labute approximate surface area is 164 Å². The van der Waals surface area contributed by atoms with Crippen LogP contribution < -0.4 is 4.90 Å². The number of benzene rings is 2. The maximum atomic E-state index is 14.4. The molecule has 2 aromatic carbocycles. The molecule has 0 spiro atoms. The van der Waals surface area contributed by atoms with E-state index in [-0.39, 0.29) is 6.04 Å². The zero-order valence-electron chi connectivity index (χ0n) is 15.6. The summed E-state index contributed by atoms with van der Waals surface area (Å²) in [4.78, 5) is 2.05. The number of ether oxygens (including phenoxy) is 1. The van der Waals surface area contributed by atoms with Crippen LogP contribution in [0.25, 0.3) is 0 Å². The van der Waals surface area contributed by atoms with E-state index in [2.05, 4.69) is 0 Å². The van der Waals surface area contributed by atoms with Gasteiger partial charge in [0.1, 0.15) is 24.6 Å². The number of aliphatic hydroxyl groups is 1. The molecule has 5 heteroatoms. The molecule has 0 aliphatic carbocycles. The summed E-state index contributed by atoms with van der Waals surface area (Å²) in [7, 11) is 0. The molecule has 2 heterocycles. The summed E-state index contributed by atoms with van der Waals surface area (Å²) in [6.07, 6.45) is 0.494. The van der Waals surface area contributed by atoms with E-state index in [1.807, 2.05) is 71.6 Å². The number of alkyl halides is 1. The molecule has 146 valence electrons. The van der Waals surface area contributed by atoms with Gasteiger partial charge in [-0.15, -0.1) is 0 Å². The normalized spacial score (nSPS) is 20.4. The van der Waals surface area contributed by atoms with Gasteiger partial charge in [-0.3, -0.25) is 0 Å². The predicted octanol–water partition coefficient (Wildman–Crippen LogP) is 4.49. The Hall–Kier alpha value is -2.63. The zero-order chi connectivity index (χ0) is 19.3. The molecule has 28 heavy (non-hydrogen) atoms. The molecule has 1 aliphatic rings. The van der Waals surface area contributed by atoms with Crippen LogP contribution in [0.1, 0.15) is 29.4 Å². The van der Waals surface area contributed by atoms with E-state index in [1.54, 1.807) is 6.26 Å². The highest BCUT2D eigenvalue weighted by Gasteiger charge is 2.34. The van der Waals surface area contributed by atoms with Gasteiger partial charge in [0.2, 0.25) is 0 Å². The number of aliphatic hydroxyl groups excluding tert-OH is 1. The van der Waals surface area contributed by atoms with Crippen molar-refractivity contribution in [1.29, 1.82) is 0 Å². The fraction of sp³-hybridized carbons (Fsp3) is 0.304. The van der Waals surface area contributed by atoms with Gasteiger partial charge in [-0.2, -0.15) is 0 Å². The summed E-state index contributed by atoms with van der Waals surface area (Å²) < 4.78 is 25.4. The number of hydrogen-bond acceptors (Lipinski definition) is 4. The second-order valence-corrected chi connectivity index (χ2v) is 7.06. The van der Waals surface area contributed by atoms with E-state index in [1.165, 1.54) is 0 Å². The van der Waals surface area contributed by atoms with Crippen LogP contribution >= 0.6 is 0 Å². The van der Waals surface area contributed by atoms with E-state index in [0.29, 0.717) is 26.2 Å². The summed E-state index contributed by atoms with van der Waals surface area (Å²) in [5.41, 5.74) is 2.61. The predicted molar refractivity (Wildman–Crippen MR) is 106 cm³/mol. The van der Waals surface area contributed by atoms with Gasteiger partial charge in [0.05, 0.1) is 18.9 Å². The van der Waals surface area contributed by atoms with Gasteiger partial charge >= 0.3 is 0 Å². The van der Waals surface area contributed by atoms with Crippen LogP contribution in [0.15, 0.2) is 77.4 Å². The number of halogens is 1. The maximum absolute atomic E-state index is 14.4. The lowest BCUT2D eigenvalue weighted by Crippen LogP contribution is -2.37. The Morgan fingerprint density at radius 2 is 1.79 bits per heavy atom. The lowest BCUT2D eigenvalue weighted by Gasteiger charge is -2.27. The number of rotatable bonds is 7. The van der Waals surface area contributed by atoms with Crippen LogP contribution in [0.2, 0.25) is 0 Å². The monoisotopic (exact) mass is 381 g/mol. The lowest BCUT2D eigenvalue weighted by molar-refractivity contribution is 0.0797. The maximum Gasteiger partial charge on any atom is 0.129 e. The van der Waals surface area contributed by atoms with E-state index in [9.17, 15) is 9.50 Å². The Balaban J connectivity index is 1.42. The number of hydrogen-bond donors (Lipinski definition) is 1. The summed E-state index contributed by atoms with van der Waals surface area (Å²) in [6.45, 7) is 1.29. The molecule has 0 saturated carbocycles. The Kier molecular flexibility index (Phi) is 5.74. The molecule has 1 aliphatic heterocycles. The smallest absolute Gasteiger partial charge is 0.129 e. The molecule has 4 nitrogen and oxygen atoms in total. The average Bonchev–Trinajstić information content (AvgIpc) is 3.39. The highest BCUT2D eigenvalue weighted by atomic mass is 19.1. The highest BCUT2D eigenvalue weighted by Crippen LogP contribution is 2.30. The fourth-order valence-electron chi connectivity index (χ4n) is 3.68. The van der Waals surface area contributed by atoms with Gasteiger partial charge in [0.15, 0.2) is 0 Å². The molecule has 3 aromatic rings. The van der Waals surface area contributed by atoms with Gasteiger partial charge < -0.3 is 19.2 Å². The fourth-order valence-corrected chi connectivity index (χ4v) is 3.68. The van der Waals surface area contributed by atoms with Crippen molar-refractivity contribution in [2.24, 2.45) is 0 Å². The van der Waals surface area contributed by atoms with E-state index in [4.69, 9.17) is 9.15 Å². The van der Waals surface area contributed by atoms with Crippen molar-refractivity contribution in [2.75, 3.05) is 18.1 Å². The molecule has 3 atom stereocenters. The Morgan fingerprint density at radius 3 is 2.50 bits per heavy atom. The Morgan fingerprint density at radius 1 is 1.04 bits per heavy atom. The first-order valence-electron chi connectivity index (χ1n) is 9.56. The average molecular weight is 381 g/mol. The summed E-state index contributed by atoms with van der Waals surface area (Å²) in [5.74, 6) is 0.735. The second kappa shape index (κ2) is 8.59. The molecule has 1 fully saturated rings. The molecular formula is C23H24FNO3. The molecule has 1 aromatic heterocycles. The molecule has 1 N–H and O–H groups in total. The van der Waals surface area contributed by atoms with Gasteiger partial charge in [0.25, 0.3) is 0 Å². The Bertz CT molecular complexity index is 851. The van der Waals surface area contributed by atoms with Gasteiger partial charge in [-0.1, -0.05) is 42.5 Å². The summed E-state index contributed by atoms with van der Waals surface area (Å²) >= 11 is 0. The zero-order valence-corrected chi connectivity index (χ0v) is 15.6. The molecule has 0 amide bonds.